The molecule has 0 aliphatic rings. The van der Waals surface area contributed by atoms with Gasteiger partial charge in [0.05, 0.1) is 0 Å². The Labute approximate surface area is 358 Å². The summed E-state index contributed by atoms with van der Waals surface area (Å²) in [6.07, 6.45) is 39.3. The van der Waals surface area contributed by atoms with Gasteiger partial charge in [-0.15, -0.1) is 0 Å². The summed E-state index contributed by atoms with van der Waals surface area (Å²) in [5, 5.41) is 23.0. The molecule has 2 rings (SSSR count). The molecule has 0 radical (unpaired) electrons. The molecule has 2 aromatic rings. The van der Waals surface area contributed by atoms with Crippen LogP contribution in [0, 0.1) is 18.8 Å². The van der Waals surface area contributed by atoms with Crippen molar-refractivity contribution in [3.63, 3.8) is 0 Å². The summed E-state index contributed by atoms with van der Waals surface area (Å²) >= 11 is 0. The molecule has 0 aliphatic heterocycles. The molecule has 2 atom stereocenters. The summed E-state index contributed by atoms with van der Waals surface area (Å²) < 4.78 is 0. The molecule has 2 nitrogen and oxygen atoms in total. The SMILES string of the molecule is CC(C)=CCCC(C)CCCC(C)CCC/C(C)=C/CC/C(C)=C\CC/C(C)=C/CC/C(C)=C/CC/C(C)=C/CC/C(C)=C/Cc1c(C)c(O)c2ccccc2c1O. The molecule has 2 N–H and O–H groups in total. The zero-order chi connectivity index (χ0) is 42.9. The quantitative estimate of drug-likeness (QED) is 0.0666. The van der Waals surface area contributed by atoms with Gasteiger partial charge in [0.2, 0.25) is 0 Å². The summed E-state index contributed by atoms with van der Waals surface area (Å²) in [4.78, 5) is 0. The van der Waals surface area contributed by atoms with E-state index in [0.29, 0.717) is 17.2 Å². The molecule has 2 aromatic carbocycles. The van der Waals surface area contributed by atoms with E-state index in [0.717, 1.165) is 74.3 Å². The second-order valence-electron chi connectivity index (χ2n) is 18.4. The Bertz CT molecular complexity index is 1730. The van der Waals surface area contributed by atoms with Gasteiger partial charge in [-0.25, -0.2) is 0 Å². The van der Waals surface area contributed by atoms with Crippen molar-refractivity contribution in [2.75, 3.05) is 0 Å². The molecule has 0 saturated heterocycles. The van der Waals surface area contributed by atoms with Gasteiger partial charge in [-0.3, -0.25) is 0 Å². The molecule has 0 amide bonds. The first-order valence-corrected chi connectivity index (χ1v) is 23.2. The predicted molar refractivity (Wildman–Crippen MR) is 259 cm³/mol. The molecular weight excluding hydrogens is 705 g/mol. The third-order valence-electron chi connectivity index (χ3n) is 12.2. The number of allylic oxidation sites excluding steroid dienone is 14. The lowest BCUT2D eigenvalue weighted by Crippen LogP contribution is -1.99. The Hall–Kier alpha value is -3.52. The van der Waals surface area contributed by atoms with Crippen molar-refractivity contribution in [3.05, 3.63) is 117 Å². The number of fused-ring (bicyclic) bond motifs is 1. The Kier molecular flexibility index (Phi) is 25.2. The molecule has 0 saturated carbocycles. The topological polar surface area (TPSA) is 40.5 Å². The molecule has 0 aliphatic carbocycles. The van der Waals surface area contributed by atoms with Gasteiger partial charge in [-0.1, -0.05) is 145 Å². The van der Waals surface area contributed by atoms with Gasteiger partial charge < -0.3 is 10.2 Å². The molecule has 0 fully saturated rings. The first kappa shape index (κ1) is 50.6. The number of hydrogen-bond acceptors (Lipinski definition) is 2. The fourth-order valence-electron chi connectivity index (χ4n) is 7.94. The molecule has 2 unspecified atom stereocenters. The van der Waals surface area contributed by atoms with E-state index in [2.05, 4.69) is 112 Å². The zero-order valence-electron chi connectivity index (χ0n) is 39.3. The summed E-state index contributed by atoms with van der Waals surface area (Å²) in [5.41, 5.74) is 11.9. The van der Waals surface area contributed by atoms with Crippen LogP contribution in [0.25, 0.3) is 10.8 Å². The highest BCUT2D eigenvalue weighted by Crippen LogP contribution is 2.39. The maximum atomic E-state index is 10.9. The van der Waals surface area contributed by atoms with E-state index in [1.807, 2.05) is 31.2 Å². The van der Waals surface area contributed by atoms with Crippen LogP contribution in [0.5, 0.6) is 11.5 Å². The van der Waals surface area contributed by atoms with E-state index in [4.69, 9.17) is 0 Å². The minimum atomic E-state index is 0.269. The van der Waals surface area contributed by atoms with Crippen molar-refractivity contribution in [1.29, 1.82) is 0 Å². The molecular formula is C56H86O2. The Balaban J connectivity index is 1.58. The van der Waals surface area contributed by atoms with Gasteiger partial charge in [0, 0.05) is 16.3 Å². The van der Waals surface area contributed by atoms with Crippen LogP contribution in [-0.4, -0.2) is 10.2 Å². The number of phenols is 2. The summed E-state index contributed by atoms with van der Waals surface area (Å²) in [6, 6.07) is 7.51. The van der Waals surface area contributed by atoms with Crippen molar-refractivity contribution < 1.29 is 10.2 Å². The van der Waals surface area contributed by atoms with Crippen LogP contribution in [0.2, 0.25) is 0 Å². The van der Waals surface area contributed by atoms with E-state index in [1.54, 1.807) is 5.57 Å². The van der Waals surface area contributed by atoms with Crippen molar-refractivity contribution >= 4 is 10.8 Å². The van der Waals surface area contributed by atoms with Gasteiger partial charge >= 0.3 is 0 Å². The maximum absolute atomic E-state index is 10.9. The van der Waals surface area contributed by atoms with Gasteiger partial charge in [0.25, 0.3) is 0 Å². The highest BCUT2D eigenvalue weighted by Gasteiger charge is 2.15. The molecule has 0 heterocycles. The van der Waals surface area contributed by atoms with E-state index in [-0.39, 0.29) is 11.5 Å². The summed E-state index contributed by atoms with van der Waals surface area (Å²) in [7, 11) is 0. The predicted octanol–water partition coefficient (Wildman–Crippen LogP) is 18.0. The minimum Gasteiger partial charge on any atom is -0.507 e. The first-order valence-electron chi connectivity index (χ1n) is 23.2. The van der Waals surface area contributed by atoms with Crippen LogP contribution >= 0.6 is 0 Å². The van der Waals surface area contributed by atoms with Crippen LogP contribution in [0.4, 0.5) is 0 Å². The monoisotopic (exact) mass is 791 g/mol. The molecule has 0 aromatic heterocycles. The van der Waals surface area contributed by atoms with Crippen LogP contribution in [0.15, 0.2) is 106 Å². The lowest BCUT2D eigenvalue weighted by Gasteiger charge is -2.14. The molecule has 322 valence electrons. The fourth-order valence-corrected chi connectivity index (χ4v) is 7.94. The second kappa shape index (κ2) is 28.8. The number of benzene rings is 2. The third-order valence-corrected chi connectivity index (χ3v) is 12.2. The summed E-state index contributed by atoms with van der Waals surface area (Å²) in [6.45, 7) is 24.8. The maximum Gasteiger partial charge on any atom is 0.127 e. The number of hydrogen-bond donors (Lipinski definition) is 2. The number of rotatable bonds is 28. The Morgan fingerprint density at radius 3 is 1.29 bits per heavy atom. The number of aromatic hydroxyl groups is 2. The van der Waals surface area contributed by atoms with Crippen molar-refractivity contribution in [2.24, 2.45) is 11.8 Å². The van der Waals surface area contributed by atoms with E-state index < -0.39 is 0 Å². The summed E-state index contributed by atoms with van der Waals surface area (Å²) in [5.74, 6) is 2.26. The van der Waals surface area contributed by atoms with Crippen LogP contribution in [-0.2, 0) is 6.42 Å². The van der Waals surface area contributed by atoms with E-state index in [9.17, 15) is 10.2 Å². The van der Waals surface area contributed by atoms with E-state index in [1.165, 1.54) is 97.6 Å². The Morgan fingerprint density at radius 2 is 0.845 bits per heavy atom. The number of phenolic OH excluding ortho intramolecular Hbond substituents is 2. The molecule has 0 bridgehead atoms. The molecule has 0 spiro atoms. The van der Waals surface area contributed by atoms with E-state index >= 15 is 0 Å². The van der Waals surface area contributed by atoms with Gasteiger partial charge in [0.1, 0.15) is 11.5 Å². The van der Waals surface area contributed by atoms with Gasteiger partial charge in [-0.05, 0) is 176 Å². The van der Waals surface area contributed by atoms with Crippen LogP contribution in [0.3, 0.4) is 0 Å². The molecule has 58 heavy (non-hydrogen) atoms. The normalized spacial score (nSPS) is 14.7. The van der Waals surface area contributed by atoms with Gasteiger partial charge in [-0.2, -0.15) is 0 Å². The van der Waals surface area contributed by atoms with Gasteiger partial charge in [0.15, 0.2) is 0 Å². The lowest BCUT2D eigenvalue weighted by molar-refractivity contribution is 0.406. The highest BCUT2D eigenvalue weighted by molar-refractivity contribution is 5.95. The second-order valence-corrected chi connectivity index (χ2v) is 18.4. The minimum absolute atomic E-state index is 0.269. The largest absolute Gasteiger partial charge is 0.507 e. The van der Waals surface area contributed by atoms with Crippen molar-refractivity contribution in [3.8, 4) is 11.5 Å². The average molecular weight is 791 g/mol. The fraction of sp³-hybridized carbons (Fsp3) is 0.571. The standard InChI is InChI=1S/C56H86O2/c1-42(2)22-14-23-43(3)24-15-25-44(4)26-16-27-45(5)28-17-29-46(6)30-18-31-47(7)32-19-33-48(8)34-20-35-49(9)36-21-37-50(10)40-41-52-51(11)55(57)53-38-12-13-39-54(53)56(52)58/h12-13,22,28,30,32,34,36,38-40,43-44,57-58H,14-21,23-27,29,31,33,35,37,41H2,1-11H3/b45-28+,46-30-,47-32+,48-34+,49-36+,50-40+. The van der Waals surface area contributed by atoms with Crippen LogP contribution < -0.4 is 0 Å². The molecule has 2 heteroatoms. The van der Waals surface area contributed by atoms with Crippen molar-refractivity contribution in [2.45, 2.75) is 198 Å². The first-order chi connectivity index (χ1) is 27.7. The smallest absolute Gasteiger partial charge is 0.127 e. The zero-order valence-corrected chi connectivity index (χ0v) is 39.3. The average Bonchev–Trinajstić information content (AvgIpc) is 3.17. The third kappa shape index (κ3) is 21.5. The van der Waals surface area contributed by atoms with Crippen LogP contribution in [0.1, 0.15) is 196 Å². The van der Waals surface area contributed by atoms with Crippen molar-refractivity contribution in [1.82, 2.24) is 0 Å². The highest BCUT2D eigenvalue weighted by atomic mass is 16.3. The lowest BCUT2D eigenvalue weighted by atomic mass is 9.92. The Morgan fingerprint density at radius 1 is 0.466 bits per heavy atom.